The van der Waals surface area contributed by atoms with Crippen LogP contribution in [0.1, 0.15) is 26.3 Å². The predicted octanol–water partition coefficient (Wildman–Crippen LogP) is 5.18. The van der Waals surface area contributed by atoms with Gasteiger partial charge in [-0.25, -0.2) is 4.79 Å². The number of benzene rings is 3. The lowest BCUT2D eigenvalue weighted by molar-refractivity contribution is 0.0734. The zero-order chi connectivity index (χ0) is 20.4. The van der Waals surface area contributed by atoms with E-state index in [4.69, 9.17) is 25.8 Å². The molecule has 29 heavy (non-hydrogen) atoms. The summed E-state index contributed by atoms with van der Waals surface area (Å²) < 4.78 is 16.3. The highest BCUT2D eigenvalue weighted by atomic mass is 35.5. The van der Waals surface area contributed by atoms with Crippen molar-refractivity contribution in [2.75, 3.05) is 7.11 Å². The van der Waals surface area contributed by atoms with Gasteiger partial charge in [0, 0.05) is 11.1 Å². The van der Waals surface area contributed by atoms with Gasteiger partial charge in [0.05, 0.1) is 18.2 Å². The van der Waals surface area contributed by atoms with Gasteiger partial charge in [0.25, 0.3) is 0 Å². The normalized spacial score (nSPS) is 13.7. The van der Waals surface area contributed by atoms with Crippen LogP contribution >= 0.6 is 11.6 Å². The highest BCUT2D eigenvalue weighted by Gasteiger charge is 2.28. The molecule has 0 unspecified atom stereocenters. The molecule has 1 heterocycles. The Bertz CT molecular complexity index is 1130. The smallest absolute Gasteiger partial charge is 0.343 e. The number of hydrogen-bond donors (Lipinski definition) is 0. The van der Waals surface area contributed by atoms with E-state index < -0.39 is 5.97 Å². The average Bonchev–Trinajstić information content (AvgIpc) is 3.03. The van der Waals surface area contributed by atoms with Crippen LogP contribution in [0.2, 0.25) is 5.02 Å². The molecule has 0 fully saturated rings. The third-order valence-corrected chi connectivity index (χ3v) is 4.58. The minimum atomic E-state index is -0.530. The summed E-state index contributed by atoms with van der Waals surface area (Å²) in [4.78, 5) is 24.9. The van der Waals surface area contributed by atoms with Crippen LogP contribution in [-0.4, -0.2) is 18.9 Å². The molecule has 144 valence electrons. The number of carbonyl (C=O) groups excluding carboxylic acids is 2. The maximum Gasteiger partial charge on any atom is 0.343 e. The van der Waals surface area contributed by atoms with Crippen LogP contribution in [0.3, 0.4) is 0 Å². The van der Waals surface area contributed by atoms with Crippen LogP contribution < -0.4 is 14.2 Å². The Balaban J connectivity index is 1.54. The van der Waals surface area contributed by atoms with Gasteiger partial charge in [0.2, 0.25) is 5.78 Å². The molecule has 0 spiro atoms. The van der Waals surface area contributed by atoms with Crippen molar-refractivity contribution in [3.05, 3.63) is 94.2 Å². The Morgan fingerprint density at radius 2 is 1.79 bits per heavy atom. The van der Waals surface area contributed by atoms with E-state index in [0.717, 1.165) is 5.56 Å². The van der Waals surface area contributed by atoms with Gasteiger partial charge in [-0.3, -0.25) is 4.79 Å². The average molecular weight is 407 g/mol. The molecule has 0 aromatic heterocycles. The summed E-state index contributed by atoms with van der Waals surface area (Å²) >= 11 is 5.83. The Hall–Kier alpha value is -3.57. The Morgan fingerprint density at radius 3 is 2.55 bits per heavy atom. The molecule has 0 radical (unpaired) electrons. The molecule has 5 nitrogen and oxygen atoms in total. The van der Waals surface area contributed by atoms with Crippen molar-refractivity contribution in [3.8, 4) is 17.2 Å². The number of fused-ring (bicyclic) bond motifs is 1. The molecule has 6 heteroatoms. The van der Waals surface area contributed by atoms with E-state index in [1.54, 1.807) is 55.7 Å². The van der Waals surface area contributed by atoms with E-state index in [1.165, 1.54) is 6.07 Å². The van der Waals surface area contributed by atoms with Gasteiger partial charge >= 0.3 is 5.97 Å². The predicted molar refractivity (Wildman–Crippen MR) is 109 cm³/mol. The molecule has 0 N–H and O–H groups in total. The van der Waals surface area contributed by atoms with Crippen LogP contribution in [0.5, 0.6) is 17.2 Å². The van der Waals surface area contributed by atoms with Crippen molar-refractivity contribution in [3.63, 3.8) is 0 Å². The van der Waals surface area contributed by atoms with E-state index in [1.807, 2.05) is 18.2 Å². The molecule has 0 bridgehead atoms. The van der Waals surface area contributed by atoms with Gasteiger partial charge in [-0.1, -0.05) is 23.7 Å². The zero-order valence-electron chi connectivity index (χ0n) is 15.3. The maximum atomic E-state index is 12.6. The van der Waals surface area contributed by atoms with Crippen molar-refractivity contribution in [2.24, 2.45) is 0 Å². The molecule has 0 saturated carbocycles. The zero-order valence-corrected chi connectivity index (χ0v) is 16.1. The highest BCUT2D eigenvalue weighted by molar-refractivity contribution is 6.30. The van der Waals surface area contributed by atoms with Gasteiger partial charge in [-0.05, 0) is 60.2 Å². The number of Topliss-reactive ketones (excluding diaryl/α,β-unsaturated/α-hetero) is 1. The number of hydrogen-bond acceptors (Lipinski definition) is 5. The second kappa shape index (κ2) is 7.81. The molecule has 1 aliphatic heterocycles. The monoisotopic (exact) mass is 406 g/mol. The molecular weight excluding hydrogens is 392 g/mol. The molecule has 4 rings (SSSR count). The summed E-state index contributed by atoms with van der Waals surface area (Å²) in [5.74, 6) is 0.717. The molecule has 3 aromatic rings. The van der Waals surface area contributed by atoms with Crippen molar-refractivity contribution < 1.29 is 23.8 Å². The van der Waals surface area contributed by atoms with Crippen molar-refractivity contribution in [1.29, 1.82) is 0 Å². The van der Waals surface area contributed by atoms with Gasteiger partial charge in [0.1, 0.15) is 17.2 Å². The number of ether oxygens (including phenoxy) is 3. The molecule has 0 aliphatic carbocycles. The Kier molecular flexibility index (Phi) is 5.06. The van der Waals surface area contributed by atoms with Gasteiger partial charge in [0.15, 0.2) is 5.76 Å². The fourth-order valence-corrected chi connectivity index (χ4v) is 2.99. The maximum absolute atomic E-state index is 12.6. The minimum Gasteiger partial charge on any atom is -0.497 e. The van der Waals surface area contributed by atoms with Crippen LogP contribution in [0.25, 0.3) is 6.08 Å². The number of halogens is 1. The first kappa shape index (κ1) is 18.8. The molecule has 1 aliphatic rings. The number of rotatable bonds is 4. The lowest BCUT2D eigenvalue weighted by Gasteiger charge is -2.06. The van der Waals surface area contributed by atoms with Gasteiger partial charge in [-0.15, -0.1) is 0 Å². The summed E-state index contributed by atoms with van der Waals surface area (Å²) in [7, 11) is 1.58. The van der Waals surface area contributed by atoms with Gasteiger partial charge < -0.3 is 14.2 Å². The van der Waals surface area contributed by atoms with Crippen molar-refractivity contribution in [1.82, 2.24) is 0 Å². The lowest BCUT2D eigenvalue weighted by atomic mass is 10.1. The standard InChI is InChI=1S/C23H15ClO5/c1-27-17-4-2-3-14(11-17)12-21-22(25)19-10-9-18(13-20(19)29-21)28-23(26)15-5-7-16(24)8-6-15/h2-13H,1H3. The fourth-order valence-electron chi connectivity index (χ4n) is 2.87. The van der Waals surface area contributed by atoms with Crippen LogP contribution in [0, 0.1) is 0 Å². The summed E-state index contributed by atoms with van der Waals surface area (Å²) in [5, 5.41) is 0.529. The second-order valence-corrected chi connectivity index (χ2v) is 6.71. The summed E-state index contributed by atoms with van der Waals surface area (Å²) in [5.41, 5.74) is 1.55. The van der Waals surface area contributed by atoms with Crippen molar-refractivity contribution in [2.45, 2.75) is 0 Å². The molecule has 3 aromatic carbocycles. The van der Waals surface area contributed by atoms with E-state index in [2.05, 4.69) is 0 Å². The fraction of sp³-hybridized carbons (Fsp3) is 0.0435. The summed E-state index contributed by atoms with van der Waals surface area (Å²) in [6, 6.07) is 18.3. The van der Waals surface area contributed by atoms with Crippen LogP contribution in [-0.2, 0) is 0 Å². The molecular formula is C23H15ClO5. The largest absolute Gasteiger partial charge is 0.497 e. The Morgan fingerprint density at radius 1 is 1.00 bits per heavy atom. The van der Waals surface area contributed by atoms with Crippen molar-refractivity contribution >= 4 is 29.4 Å². The summed E-state index contributed by atoms with van der Waals surface area (Å²) in [6.07, 6.45) is 1.64. The minimum absolute atomic E-state index is 0.189. The highest BCUT2D eigenvalue weighted by Crippen LogP contribution is 2.35. The quantitative estimate of drug-likeness (QED) is 0.339. The van der Waals surface area contributed by atoms with E-state index in [9.17, 15) is 9.59 Å². The first-order chi connectivity index (χ1) is 14.0. The number of ketones is 1. The third kappa shape index (κ3) is 4.00. The lowest BCUT2D eigenvalue weighted by Crippen LogP contribution is -2.08. The molecule has 0 saturated heterocycles. The number of carbonyl (C=O) groups is 2. The first-order valence-corrected chi connectivity index (χ1v) is 9.11. The third-order valence-electron chi connectivity index (χ3n) is 4.32. The Labute approximate surface area is 172 Å². The molecule has 0 amide bonds. The van der Waals surface area contributed by atoms with Gasteiger partial charge in [-0.2, -0.15) is 0 Å². The molecule has 0 atom stereocenters. The number of esters is 1. The second-order valence-electron chi connectivity index (χ2n) is 6.27. The van der Waals surface area contributed by atoms with Crippen LogP contribution in [0.4, 0.5) is 0 Å². The van der Waals surface area contributed by atoms with Crippen LogP contribution in [0.15, 0.2) is 72.5 Å². The summed E-state index contributed by atoms with van der Waals surface area (Å²) in [6.45, 7) is 0. The van der Waals surface area contributed by atoms with E-state index in [-0.39, 0.29) is 17.3 Å². The first-order valence-electron chi connectivity index (χ1n) is 8.73. The topological polar surface area (TPSA) is 61.8 Å². The SMILES string of the molecule is COc1cccc(C=C2Oc3cc(OC(=O)c4ccc(Cl)cc4)ccc3C2=O)c1. The number of allylic oxidation sites excluding steroid dienone is 1. The van der Waals surface area contributed by atoms with E-state index in [0.29, 0.717) is 27.6 Å². The number of methoxy groups -OCH3 is 1. The van der Waals surface area contributed by atoms with E-state index >= 15 is 0 Å².